The summed E-state index contributed by atoms with van der Waals surface area (Å²) in [7, 11) is 0. The lowest BCUT2D eigenvalue weighted by Crippen LogP contribution is -1.99. The number of allylic oxidation sites excluding steroid dienone is 8. The zero-order valence-corrected chi connectivity index (χ0v) is 8.87. The first-order valence-electron chi connectivity index (χ1n) is 5.14. The zero-order chi connectivity index (χ0) is 10.4. The average molecular weight is 186 g/mol. The van der Waals surface area contributed by atoms with E-state index in [-0.39, 0.29) is 0 Å². The lowest BCUT2D eigenvalue weighted by molar-refractivity contribution is 0.629. The Kier molecular flexibility index (Phi) is 4.18. The van der Waals surface area contributed by atoms with Gasteiger partial charge in [-0.05, 0) is 29.9 Å². The Morgan fingerprint density at radius 1 is 1.64 bits per heavy atom. The van der Waals surface area contributed by atoms with Crippen molar-refractivity contribution in [3.8, 4) is 0 Å². The maximum Gasteiger partial charge on any atom is -0.0192 e. The van der Waals surface area contributed by atoms with Gasteiger partial charge in [0.25, 0.3) is 0 Å². The lowest BCUT2D eigenvalue weighted by Gasteiger charge is -2.14. The van der Waals surface area contributed by atoms with Crippen LogP contribution in [-0.2, 0) is 0 Å². The van der Waals surface area contributed by atoms with Gasteiger partial charge >= 0.3 is 0 Å². The molecule has 0 saturated carbocycles. The quantitative estimate of drug-likeness (QED) is 0.577. The van der Waals surface area contributed by atoms with Crippen LogP contribution in [-0.4, -0.2) is 0 Å². The molecule has 0 nitrogen and oxygen atoms in total. The van der Waals surface area contributed by atoms with Crippen molar-refractivity contribution >= 4 is 0 Å². The van der Waals surface area contributed by atoms with E-state index < -0.39 is 0 Å². The van der Waals surface area contributed by atoms with Crippen molar-refractivity contribution in [3.63, 3.8) is 0 Å². The Labute approximate surface area is 87.0 Å². The fourth-order valence-corrected chi connectivity index (χ4v) is 1.53. The van der Waals surface area contributed by atoms with E-state index in [9.17, 15) is 0 Å². The van der Waals surface area contributed by atoms with E-state index in [1.54, 1.807) is 6.08 Å². The van der Waals surface area contributed by atoms with Crippen LogP contribution in [0.1, 0.15) is 19.8 Å². The first-order valence-corrected chi connectivity index (χ1v) is 5.14. The topological polar surface area (TPSA) is 0 Å². The van der Waals surface area contributed by atoms with Crippen molar-refractivity contribution < 1.29 is 0 Å². The molecule has 1 unspecified atom stereocenters. The molecule has 0 saturated heterocycles. The van der Waals surface area contributed by atoms with Crippen LogP contribution in [0.15, 0.2) is 60.8 Å². The minimum absolute atomic E-state index is 0.684. The van der Waals surface area contributed by atoms with Crippen molar-refractivity contribution in [2.24, 2.45) is 5.92 Å². The molecule has 0 heteroatoms. The minimum atomic E-state index is 0.684. The summed E-state index contributed by atoms with van der Waals surface area (Å²) in [5, 5.41) is 0. The zero-order valence-electron chi connectivity index (χ0n) is 8.87. The van der Waals surface area contributed by atoms with Gasteiger partial charge in [0.05, 0.1) is 0 Å². The van der Waals surface area contributed by atoms with Crippen molar-refractivity contribution in [2.45, 2.75) is 19.8 Å². The molecule has 0 amide bonds. The molecule has 0 aliphatic heterocycles. The predicted molar refractivity (Wildman–Crippen MR) is 64.1 cm³/mol. The number of hydrogen-bond acceptors (Lipinski definition) is 0. The van der Waals surface area contributed by atoms with Gasteiger partial charge < -0.3 is 0 Å². The van der Waals surface area contributed by atoms with Crippen LogP contribution in [0.3, 0.4) is 0 Å². The largest absolute Gasteiger partial charge is 0.0991 e. The normalized spacial score (nSPS) is 20.9. The second-order valence-electron chi connectivity index (χ2n) is 3.55. The van der Waals surface area contributed by atoms with Crippen LogP contribution in [0.4, 0.5) is 0 Å². The van der Waals surface area contributed by atoms with Crippen LogP contribution in [0.5, 0.6) is 0 Å². The van der Waals surface area contributed by atoms with Gasteiger partial charge in [-0.1, -0.05) is 56.5 Å². The third-order valence-electron chi connectivity index (χ3n) is 2.48. The Bertz CT molecular complexity index is 300. The molecule has 1 aliphatic carbocycles. The van der Waals surface area contributed by atoms with E-state index in [1.165, 1.54) is 18.4 Å². The predicted octanol–water partition coefficient (Wildman–Crippen LogP) is 4.20. The van der Waals surface area contributed by atoms with E-state index in [0.717, 1.165) is 5.57 Å². The third-order valence-corrected chi connectivity index (χ3v) is 2.48. The molecule has 74 valence electrons. The van der Waals surface area contributed by atoms with E-state index in [0.29, 0.717) is 5.92 Å². The van der Waals surface area contributed by atoms with Crippen LogP contribution >= 0.6 is 0 Å². The molecule has 0 aromatic carbocycles. The van der Waals surface area contributed by atoms with Gasteiger partial charge in [-0.2, -0.15) is 0 Å². The second-order valence-corrected chi connectivity index (χ2v) is 3.55. The summed E-state index contributed by atoms with van der Waals surface area (Å²) < 4.78 is 0. The summed E-state index contributed by atoms with van der Waals surface area (Å²) in [6, 6.07) is 0. The monoisotopic (exact) mass is 186 g/mol. The molecule has 0 heterocycles. The van der Waals surface area contributed by atoms with E-state index in [2.05, 4.69) is 38.3 Å². The van der Waals surface area contributed by atoms with Gasteiger partial charge in [0.2, 0.25) is 0 Å². The lowest BCUT2D eigenvalue weighted by atomic mass is 9.91. The molecule has 0 bridgehead atoms. The fraction of sp³-hybridized carbons (Fsp3) is 0.286. The van der Waals surface area contributed by atoms with Crippen LogP contribution in [0.2, 0.25) is 0 Å². The van der Waals surface area contributed by atoms with Crippen LogP contribution < -0.4 is 0 Å². The molecular weight excluding hydrogens is 168 g/mol. The highest BCUT2D eigenvalue weighted by Gasteiger charge is 2.07. The molecule has 0 aromatic rings. The highest BCUT2D eigenvalue weighted by atomic mass is 14.1. The standard InChI is InChI=1S/C14H18/c1-4-6-8-12(3)14-10-7-9-13(5-2)11-14/h4,6-8,10-11,13H,1,3,5,9H2,2H3/b8-6-. The van der Waals surface area contributed by atoms with Gasteiger partial charge in [-0.25, -0.2) is 0 Å². The summed E-state index contributed by atoms with van der Waals surface area (Å²) in [6.07, 6.45) is 14.8. The third kappa shape index (κ3) is 2.88. The summed E-state index contributed by atoms with van der Waals surface area (Å²) in [5.41, 5.74) is 2.32. The molecule has 1 atom stereocenters. The minimum Gasteiger partial charge on any atom is -0.0991 e. The Balaban J connectivity index is 2.71. The summed E-state index contributed by atoms with van der Waals surface area (Å²) in [6.45, 7) is 9.90. The smallest absolute Gasteiger partial charge is 0.0192 e. The number of rotatable bonds is 4. The average Bonchev–Trinajstić information content (AvgIpc) is 2.26. The highest BCUT2D eigenvalue weighted by molar-refractivity contribution is 5.46. The first kappa shape index (κ1) is 10.8. The molecule has 0 N–H and O–H groups in total. The van der Waals surface area contributed by atoms with Crippen LogP contribution in [0.25, 0.3) is 0 Å². The highest BCUT2D eigenvalue weighted by Crippen LogP contribution is 2.23. The summed E-state index contributed by atoms with van der Waals surface area (Å²) in [4.78, 5) is 0. The van der Waals surface area contributed by atoms with Gasteiger partial charge in [0.15, 0.2) is 0 Å². The van der Waals surface area contributed by atoms with Crippen molar-refractivity contribution in [1.82, 2.24) is 0 Å². The number of hydrogen-bond donors (Lipinski definition) is 0. The van der Waals surface area contributed by atoms with E-state index in [4.69, 9.17) is 0 Å². The van der Waals surface area contributed by atoms with Gasteiger partial charge in [0, 0.05) is 0 Å². The second kappa shape index (κ2) is 5.43. The Hall–Kier alpha value is -1.30. The van der Waals surface area contributed by atoms with Gasteiger partial charge in [-0.15, -0.1) is 0 Å². The van der Waals surface area contributed by atoms with Gasteiger partial charge in [-0.3, -0.25) is 0 Å². The van der Waals surface area contributed by atoms with Crippen molar-refractivity contribution in [3.05, 3.63) is 60.8 Å². The SMILES string of the molecule is C=C/C=C\C(=C)C1=CC(CC)CC=C1. The molecule has 0 fully saturated rings. The fourth-order valence-electron chi connectivity index (χ4n) is 1.53. The molecule has 14 heavy (non-hydrogen) atoms. The molecule has 0 radical (unpaired) electrons. The summed E-state index contributed by atoms with van der Waals surface area (Å²) >= 11 is 0. The summed E-state index contributed by atoms with van der Waals surface area (Å²) in [5.74, 6) is 0.684. The molecule has 1 rings (SSSR count). The molecule has 0 spiro atoms. The molecule has 0 aromatic heterocycles. The Morgan fingerprint density at radius 2 is 2.43 bits per heavy atom. The maximum absolute atomic E-state index is 4.03. The Morgan fingerprint density at radius 3 is 3.07 bits per heavy atom. The first-order chi connectivity index (χ1) is 6.77. The maximum atomic E-state index is 4.03. The van der Waals surface area contributed by atoms with Crippen molar-refractivity contribution in [2.75, 3.05) is 0 Å². The van der Waals surface area contributed by atoms with Gasteiger partial charge in [0.1, 0.15) is 0 Å². The van der Waals surface area contributed by atoms with Crippen LogP contribution in [0, 0.1) is 5.92 Å². The van der Waals surface area contributed by atoms with E-state index in [1.807, 2.05) is 12.2 Å². The molecular formula is C14H18. The molecule has 1 aliphatic rings. The van der Waals surface area contributed by atoms with E-state index >= 15 is 0 Å². The van der Waals surface area contributed by atoms with Crippen molar-refractivity contribution in [1.29, 1.82) is 0 Å².